The Labute approximate surface area is 110 Å². The lowest BCUT2D eigenvalue weighted by Crippen LogP contribution is -2.46. The van der Waals surface area contributed by atoms with Gasteiger partial charge in [-0.2, -0.15) is 0 Å². The fourth-order valence-corrected chi connectivity index (χ4v) is 3.24. The van der Waals surface area contributed by atoms with Crippen LogP contribution < -0.4 is 5.32 Å². The maximum absolute atomic E-state index is 12.0. The smallest absolute Gasteiger partial charge is 0.224 e. The third kappa shape index (κ3) is 4.57. The Morgan fingerprint density at radius 2 is 2.17 bits per heavy atom. The number of amides is 1. The fourth-order valence-electron chi connectivity index (χ4n) is 2.32. The first-order chi connectivity index (χ1) is 8.34. The number of piperidine rings is 1. The summed E-state index contributed by atoms with van der Waals surface area (Å²) >= 11 is 0. The van der Waals surface area contributed by atoms with E-state index >= 15 is 0 Å². The van der Waals surface area contributed by atoms with E-state index in [1.165, 1.54) is 10.6 Å². The van der Waals surface area contributed by atoms with E-state index in [2.05, 4.69) is 12.2 Å². The Morgan fingerprint density at radius 3 is 2.72 bits per heavy atom. The molecule has 0 aromatic rings. The molecule has 1 amide bonds. The van der Waals surface area contributed by atoms with Crippen molar-refractivity contribution in [2.24, 2.45) is 5.92 Å². The standard InChI is InChI=1S/C12H24N2O3S/c1-4-6-10(2)13-12(15)11-7-5-8-14(9-11)18(3,16)17/h10-11H,4-9H2,1-3H3,(H,13,15). The highest BCUT2D eigenvalue weighted by atomic mass is 32.2. The summed E-state index contributed by atoms with van der Waals surface area (Å²) < 4.78 is 24.4. The van der Waals surface area contributed by atoms with E-state index < -0.39 is 10.0 Å². The molecule has 18 heavy (non-hydrogen) atoms. The van der Waals surface area contributed by atoms with Crippen LogP contribution in [0.3, 0.4) is 0 Å². The molecular formula is C12H24N2O3S. The van der Waals surface area contributed by atoms with Crippen LogP contribution in [0.4, 0.5) is 0 Å². The van der Waals surface area contributed by atoms with Gasteiger partial charge < -0.3 is 5.32 Å². The molecule has 0 aromatic heterocycles. The SMILES string of the molecule is CCCC(C)NC(=O)C1CCCN(S(C)(=O)=O)C1. The van der Waals surface area contributed by atoms with Gasteiger partial charge in [-0.05, 0) is 26.2 Å². The summed E-state index contributed by atoms with van der Waals surface area (Å²) in [6.07, 6.45) is 4.72. The molecule has 0 bridgehead atoms. The molecule has 1 aliphatic rings. The maximum atomic E-state index is 12.0. The quantitative estimate of drug-likeness (QED) is 0.813. The Balaban J connectivity index is 2.53. The van der Waals surface area contributed by atoms with Gasteiger partial charge in [0, 0.05) is 19.1 Å². The normalized spacial score (nSPS) is 23.6. The van der Waals surface area contributed by atoms with Crippen molar-refractivity contribution in [3.8, 4) is 0 Å². The molecule has 0 radical (unpaired) electrons. The molecule has 1 N–H and O–H groups in total. The fraction of sp³-hybridized carbons (Fsp3) is 0.917. The topological polar surface area (TPSA) is 66.5 Å². The first-order valence-electron chi connectivity index (χ1n) is 6.60. The monoisotopic (exact) mass is 276 g/mol. The van der Waals surface area contributed by atoms with Crippen molar-refractivity contribution in [1.29, 1.82) is 0 Å². The van der Waals surface area contributed by atoms with Gasteiger partial charge in [0.05, 0.1) is 12.2 Å². The lowest BCUT2D eigenvalue weighted by atomic mass is 9.98. The second kappa shape index (κ2) is 6.52. The molecule has 2 atom stereocenters. The molecule has 1 saturated heterocycles. The minimum Gasteiger partial charge on any atom is -0.353 e. The zero-order chi connectivity index (χ0) is 13.8. The molecule has 1 fully saturated rings. The van der Waals surface area contributed by atoms with Crippen molar-refractivity contribution in [3.05, 3.63) is 0 Å². The summed E-state index contributed by atoms with van der Waals surface area (Å²) in [6, 6.07) is 0.163. The predicted molar refractivity (Wildman–Crippen MR) is 71.7 cm³/mol. The van der Waals surface area contributed by atoms with Crippen molar-refractivity contribution in [1.82, 2.24) is 9.62 Å². The first-order valence-corrected chi connectivity index (χ1v) is 8.45. The summed E-state index contributed by atoms with van der Waals surface area (Å²) in [7, 11) is -3.18. The van der Waals surface area contributed by atoms with Crippen LogP contribution in [0.2, 0.25) is 0 Å². The van der Waals surface area contributed by atoms with Gasteiger partial charge in [-0.1, -0.05) is 13.3 Å². The van der Waals surface area contributed by atoms with Gasteiger partial charge in [-0.25, -0.2) is 12.7 Å². The van der Waals surface area contributed by atoms with Gasteiger partial charge in [-0.3, -0.25) is 4.79 Å². The van der Waals surface area contributed by atoms with E-state index in [4.69, 9.17) is 0 Å². The summed E-state index contributed by atoms with van der Waals surface area (Å²) in [6.45, 7) is 4.92. The van der Waals surface area contributed by atoms with Gasteiger partial charge in [0.25, 0.3) is 0 Å². The summed E-state index contributed by atoms with van der Waals surface area (Å²) in [4.78, 5) is 12.0. The molecule has 0 aliphatic carbocycles. The average Bonchev–Trinajstić information content (AvgIpc) is 2.28. The minimum atomic E-state index is -3.18. The molecule has 2 unspecified atom stereocenters. The molecular weight excluding hydrogens is 252 g/mol. The highest BCUT2D eigenvalue weighted by Gasteiger charge is 2.30. The molecule has 5 nitrogen and oxygen atoms in total. The third-order valence-electron chi connectivity index (χ3n) is 3.33. The van der Waals surface area contributed by atoms with E-state index in [1.807, 2.05) is 6.92 Å². The summed E-state index contributed by atoms with van der Waals surface area (Å²) in [5, 5.41) is 2.96. The number of hydrogen-bond acceptors (Lipinski definition) is 3. The van der Waals surface area contributed by atoms with Crippen LogP contribution in [0.5, 0.6) is 0 Å². The van der Waals surface area contributed by atoms with Crippen molar-refractivity contribution in [2.75, 3.05) is 19.3 Å². The van der Waals surface area contributed by atoms with Crippen LogP contribution in [0.15, 0.2) is 0 Å². The van der Waals surface area contributed by atoms with Crippen molar-refractivity contribution in [2.45, 2.75) is 45.6 Å². The van der Waals surface area contributed by atoms with Gasteiger partial charge >= 0.3 is 0 Å². The lowest BCUT2D eigenvalue weighted by molar-refractivity contribution is -0.126. The van der Waals surface area contributed by atoms with E-state index in [0.29, 0.717) is 13.1 Å². The Morgan fingerprint density at radius 1 is 1.50 bits per heavy atom. The Hall–Kier alpha value is -0.620. The first kappa shape index (κ1) is 15.4. The highest BCUT2D eigenvalue weighted by Crippen LogP contribution is 2.19. The van der Waals surface area contributed by atoms with Gasteiger partial charge in [0.15, 0.2) is 0 Å². The van der Waals surface area contributed by atoms with Crippen LogP contribution in [0, 0.1) is 5.92 Å². The second-order valence-corrected chi connectivity index (χ2v) is 7.14. The number of nitrogens with one attached hydrogen (secondary N) is 1. The predicted octanol–water partition coefficient (Wildman–Crippen LogP) is 0.963. The molecule has 1 heterocycles. The number of rotatable bonds is 5. The van der Waals surface area contributed by atoms with Crippen LogP contribution in [0.1, 0.15) is 39.5 Å². The number of carbonyl (C=O) groups excluding carboxylic acids is 1. The number of carbonyl (C=O) groups is 1. The number of nitrogens with zero attached hydrogens (tertiary/aromatic N) is 1. The Bertz CT molecular complexity index is 381. The van der Waals surface area contributed by atoms with E-state index in [1.54, 1.807) is 0 Å². The van der Waals surface area contributed by atoms with E-state index in [-0.39, 0.29) is 17.9 Å². The zero-order valence-corrected chi connectivity index (χ0v) is 12.3. The van der Waals surface area contributed by atoms with Gasteiger partial charge in [-0.15, -0.1) is 0 Å². The molecule has 106 valence electrons. The average molecular weight is 276 g/mol. The number of sulfonamides is 1. The van der Waals surface area contributed by atoms with Crippen LogP contribution in [0.25, 0.3) is 0 Å². The second-order valence-electron chi connectivity index (χ2n) is 5.16. The zero-order valence-electron chi connectivity index (χ0n) is 11.5. The van der Waals surface area contributed by atoms with Crippen LogP contribution >= 0.6 is 0 Å². The Kier molecular flexibility index (Phi) is 5.59. The van der Waals surface area contributed by atoms with Crippen LogP contribution in [-0.2, 0) is 14.8 Å². The molecule has 0 saturated carbocycles. The van der Waals surface area contributed by atoms with E-state index in [9.17, 15) is 13.2 Å². The summed E-state index contributed by atoms with van der Waals surface area (Å²) in [5.41, 5.74) is 0. The largest absolute Gasteiger partial charge is 0.353 e. The summed E-state index contributed by atoms with van der Waals surface area (Å²) in [5.74, 6) is -0.211. The van der Waals surface area contributed by atoms with Crippen molar-refractivity contribution in [3.63, 3.8) is 0 Å². The lowest BCUT2D eigenvalue weighted by Gasteiger charge is -2.30. The molecule has 1 aliphatic heterocycles. The van der Waals surface area contributed by atoms with E-state index in [0.717, 1.165) is 25.7 Å². The van der Waals surface area contributed by atoms with Crippen LogP contribution in [-0.4, -0.2) is 44.0 Å². The number of hydrogen-bond donors (Lipinski definition) is 1. The molecule has 6 heteroatoms. The highest BCUT2D eigenvalue weighted by molar-refractivity contribution is 7.88. The minimum absolute atomic E-state index is 0.00991. The van der Waals surface area contributed by atoms with Crippen molar-refractivity contribution >= 4 is 15.9 Å². The van der Waals surface area contributed by atoms with Crippen molar-refractivity contribution < 1.29 is 13.2 Å². The molecule has 1 rings (SSSR count). The van der Waals surface area contributed by atoms with Gasteiger partial charge in [0.2, 0.25) is 15.9 Å². The third-order valence-corrected chi connectivity index (χ3v) is 4.60. The maximum Gasteiger partial charge on any atom is 0.224 e. The molecule has 0 aromatic carbocycles. The van der Waals surface area contributed by atoms with Gasteiger partial charge in [0.1, 0.15) is 0 Å². The molecule has 0 spiro atoms.